The second-order valence-electron chi connectivity index (χ2n) is 3.59. The van der Waals surface area contributed by atoms with Crippen LogP contribution in [0.15, 0.2) is 53.7 Å². The molecule has 2 aliphatic rings. The maximum absolute atomic E-state index is 4.26. The van der Waals surface area contributed by atoms with Crippen LogP contribution in [-0.2, 0) is 6.54 Å². The normalized spacial score (nSPS) is 22.5. The molecule has 4 heteroatoms. The maximum atomic E-state index is 4.26. The Labute approximate surface area is 87.4 Å². The molecule has 3 rings (SSSR count). The Morgan fingerprint density at radius 2 is 2.33 bits per heavy atom. The van der Waals surface area contributed by atoms with Crippen LogP contribution in [0.4, 0.5) is 0 Å². The van der Waals surface area contributed by atoms with E-state index in [4.69, 9.17) is 0 Å². The molecular weight excluding hydrogens is 188 g/mol. The molecule has 1 atom stereocenters. The van der Waals surface area contributed by atoms with Crippen LogP contribution in [0.1, 0.15) is 0 Å². The van der Waals surface area contributed by atoms with Gasteiger partial charge in [0, 0.05) is 12.1 Å². The molecule has 0 spiro atoms. The SMILES string of the molecule is C1=C[C@@H]2C=C(Cn3cncn3)C=CC2=N1. The zero-order valence-corrected chi connectivity index (χ0v) is 8.11. The lowest BCUT2D eigenvalue weighted by atomic mass is 9.95. The van der Waals surface area contributed by atoms with E-state index in [0.29, 0.717) is 5.92 Å². The van der Waals surface area contributed by atoms with Crippen LogP contribution in [0.3, 0.4) is 0 Å². The zero-order chi connectivity index (χ0) is 10.1. The summed E-state index contributed by atoms with van der Waals surface area (Å²) >= 11 is 0. The molecule has 0 saturated carbocycles. The summed E-state index contributed by atoms with van der Waals surface area (Å²) in [6.45, 7) is 0.772. The predicted molar refractivity (Wildman–Crippen MR) is 57.3 cm³/mol. The van der Waals surface area contributed by atoms with Gasteiger partial charge in [0.05, 0.1) is 12.3 Å². The molecule has 1 aliphatic carbocycles. The molecule has 0 amide bonds. The summed E-state index contributed by atoms with van der Waals surface area (Å²) in [5.74, 6) is 0.355. The number of allylic oxidation sites excluding steroid dienone is 5. The van der Waals surface area contributed by atoms with Gasteiger partial charge in [-0.3, -0.25) is 4.99 Å². The Hall–Kier alpha value is -1.97. The fourth-order valence-electron chi connectivity index (χ4n) is 1.79. The van der Waals surface area contributed by atoms with E-state index >= 15 is 0 Å². The van der Waals surface area contributed by atoms with Crippen molar-refractivity contribution in [1.82, 2.24) is 14.8 Å². The molecule has 0 saturated heterocycles. The van der Waals surface area contributed by atoms with E-state index in [2.05, 4.69) is 39.4 Å². The van der Waals surface area contributed by atoms with Gasteiger partial charge in [-0.15, -0.1) is 0 Å². The number of rotatable bonds is 2. The number of hydrogen-bond donors (Lipinski definition) is 0. The van der Waals surface area contributed by atoms with Crippen molar-refractivity contribution in [1.29, 1.82) is 0 Å². The fraction of sp³-hybridized carbons (Fsp3) is 0.182. The number of nitrogens with zero attached hydrogens (tertiary/aromatic N) is 4. The quantitative estimate of drug-likeness (QED) is 0.720. The van der Waals surface area contributed by atoms with E-state index in [9.17, 15) is 0 Å². The first-order valence-corrected chi connectivity index (χ1v) is 4.87. The van der Waals surface area contributed by atoms with Gasteiger partial charge < -0.3 is 0 Å². The molecule has 0 aromatic carbocycles. The fourth-order valence-corrected chi connectivity index (χ4v) is 1.79. The minimum absolute atomic E-state index is 0.355. The van der Waals surface area contributed by atoms with Crippen molar-refractivity contribution in [2.75, 3.05) is 0 Å². The summed E-state index contributed by atoms with van der Waals surface area (Å²) in [4.78, 5) is 8.18. The summed E-state index contributed by atoms with van der Waals surface area (Å²) in [5.41, 5.74) is 2.37. The third kappa shape index (κ3) is 1.54. The average Bonchev–Trinajstić information content (AvgIpc) is 2.87. The molecule has 0 N–H and O–H groups in total. The second kappa shape index (κ2) is 3.31. The minimum atomic E-state index is 0.355. The first kappa shape index (κ1) is 8.35. The van der Waals surface area contributed by atoms with Gasteiger partial charge in [0.15, 0.2) is 0 Å². The van der Waals surface area contributed by atoms with Crippen LogP contribution in [-0.4, -0.2) is 20.5 Å². The standard InChI is InChI=1S/C11H10N4/c1-2-11-10(3-4-13-11)5-9(1)6-15-8-12-7-14-15/h1-5,7-8,10H,6H2/t10-/m1/s1. The summed E-state index contributed by atoms with van der Waals surface area (Å²) < 4.78 is 1.82. The van der Waals surface area contributed by atoms with Gasteiger partial charge in [-0.25, -0.2) is 9.67 Å². The van der Waals surface area contributed by atoms with Crippen molar-refractivity contribution in [3.8, 4) is 0 Å². The molecule has 0 radical (unpaired) electrons. The smallest absolute Gasteiger partial charge is 0.137 e. The summed E-state index contributed by atoms with van der Waals surface area (Å²) in [6.07, 6.45) is 13.6. The second-order valence-corrected chi connectivity index (χ2v) is 3.59. The number of aliphatic imine (C=N–C) groups is 1. The largest absolute Gasteiger partial charge is 0.261 e. The van der Waals surface area contributed by atoms with E-state index in [1.807, 2.05) is 10.9 Å². The van der Waals surface area contributed by atoms with E-state index in [0.717, 1.165) is 12.3 Å². The maximum Gasteiger partial charge on any atom is 0.137 e. The molecule has 1 aromatic rings. The first-order valence-electron chi connectivity index (χ1n) is 4.87. The lowest BCUT2D eigenvalue weighted by Gasteiger charge is -2.12. The number of fused-ring (bicyclic) bond motifs is 1. The molecule has 0 unspecified atom stereocenters. The van der Waals surface area contributed by atoms with Gasteiger partial charge >= 0.3 is 0 Å². The molecule has 0 bridgehead atoms. The van der Waals surface area contributed by atoms with Gasteiger partial charge in [0.1, 0.15) is 12.7 Å². The van der Waals surface area contributed by atoms with E-state index < -0.39 is 0 Å². The van der Waals surface area contributed by atoms with E-state index in [1.165, 1.54) is 5.57 Å². The lowest BCUT2D eigenvalue weighted by Crippen LogP contribution is -2.11. The summed E-state index contributed by atoms with van der Waals surface area (Å²) in [7, 11) is 0. The molecule has 0 fully saturated rings. The van der Waals surface area contributed by atoms with Crippen molar-refractivity contribution < 1.29 is 0 Å². The molecule has 4 nitrogen and oxygen atoms in total. The van der Waals surface area contributed by atoms with Crippen molar-refractivity contribution in [3.63, 3.8) is 0 Å². The first-order chi connectivity index (χ1) is 7.42. The van der Waals surface area contributed by atoms with Crippen LogP contribution in [0.5, 0.6) is 0 Å². The monoisotopic (exact) mass is 198 g/mol. The van der Waals surface area contributed by atoms with Crippen LogP contribution < -0.4 is 0 Å². The molecule has 15 heavy (non-hydrogen) atoms. The Morgan fingerprint density at radius 3 is 3.20 bits per heavy atom. The number of hydrogen-bond acceptors (Lipinski definition) is 3. The Kier molecular flexibility index (Phi) is 1.84. The highest BCUT2D eigenvalue weighted by atomic mass is 15.3. The van der Waals surface area contributed by atoms with Crippen molar-refractivity contribution in [3.05, 3.63) is 48.7 Å². The highest BCUT2D eigenvalue weighted by Gasteiger charge is 2.16. The number of aromatic nitrogens is 3. The van der Waals surface area contributed by atoms with Crippen LogP contribution in [0, 0.1) is 5.92 Å². The molecule has 2 heterocycles. The van der Waals surface area contributed by atoms with E-state index in [-0.39, 0.29) is 0 Å². The van der Waals surface area contributed by atoms with Crippen LogP contribution in [0.25, 0.3) is 0 Å². The third-order valence-electron chi connectivity index (χ3n) is 2.53. The Bertz CT molecular complexity index is 477. The lowest BCUT2D eigenvalue weighted by molar-refractivity contribution is 0.680. The van der Waals surface area contributed by atoms with Gasteiger partial charge in [-0.05, 0) is 11.6 Å². The Morgan fingerprint density at radius 1 is 1.33 bits per heavy atom. The highest BCUT2D eigenvalue weighted by Crippen LogP contribution is 2.21. The van der Waals surface area contributed by atoms with Gasteiger partial charge in [-0.1, -0.05) is 18.2 Å². The van der Waals surface area contributed by atoms with Crippen LogP contribution in [0.2, 0.25) is 0 Å². The zero-order valence-electron chi connectivity index (χ0n) is 8.11. The van der Waals surface area contributed by atoms with E-state index in [1.54, 1.807) is 12.7 Å². The summed E-state index contributed by atoms with van der Waals surface area (Å²) in [6, 6.07) is 0. The summed E-state index contributed by atoms with van der Waals surface area (Å²) in [5, 5.41) is 4.08. The minimum Gasteiger partial charge on any atom is -0.261 e. The molecule has 1 aromatic heterocycles. The topological polar surface area (TPSA) is 43.1 Å². The molecular formula is C11H10N4. The molecule has 1 aliphatic heterocycles. The van der Waals surface area contributed by atoms with Gasteiger partial charge in [0.25, 0.3) is 0 Å². The Balaban J connectivity index is 1.81. The van der Waals surface area contributed by atoms with Crippen molar-refractivity contribution in [2.45, 2.75) is 6.54 Å². The van der Waals surface area contributed by atoms with Crippen molar-refractivity contribution in [2.24, 2.45) is 10.9 Å². The predicted octanol–water partition coefficient (Wildman–Crippen LogP) is 1.36. The van der Waals surface area contributed by atoms with Crippen LogP contribution >= 0.6 is 0 Å². The third-order valence-corrected chi connectivity index (χ3v) is 2.53. The van der Waals surface area contributed by atoms with Gasteiger partial charge in [0.2, 0.25) is 0 Å². The van der Waals surface area contributed by atoms with Crippen molar-refractivity contribution >= 4 is 5.71 Å². The molecule has 74 valence electrons. The highest BCUT2D eigenvalue weighted by molar-refractivity contribution is 6.02. The average molecular weight is 198 g/mol. The van der Waals surface area contributed by atoms with Gasteiger partial charge in [-0.2, -0.15) is 5.10 Å².